The molecular weight excluding hydrogens is 254 g/mol. The number of ether oxygens (including phenoxy) is 1. The summed E-state index contributed by atoms with van der Waals surface area (Å²) in [5, 5.41) is 3.50. The molecule has 0 atom stereocenters. The Morgan fingerprint density at radius 1 is 1.16 bits per heavy atom. The van der Waals surface area contributed by atoms with Gasteiger partial charge in [0.15, 0.2) is 0 Å². The Morgan fingerprint density at radius 3 is 2.32 bits per heavy atom. The van der Waals surface area contributed by atoms with Gasteiger partial charge in [-0.25, -0.2) is 0 Å². The number of thioether (sulfide) groups is 1. The highest BCUT2D eigenvalue weighted by molar-refractivity contribution is 7.99. The Hall–Kier alpha value is -0.510. The van der Waals surface area contributed by atoms with Crippen molar-refractivity contribution in [2.45, 2.75) is 57.7 Å². The highest BCUT2D eigenvalue weighted by Gasteiger charge is 2.08. The maximum absolute atomic E-state index is 5.53. The summed E-state index contributed by atoms with van der Waals surface area (Å²) < 4.78 is 5.53. The molecule has 1 rings (SSSR count). The molecule has 1 aromatic rings. The summed E-state index contributed by atoms with van der Waals surface area (Å²) in [6.45, 7) is 12.4. The first kappa shape index (κ1) is 16.5. The SMILES string of the molecule is CC(C)OCCSc1ccc(CNC(C)(C)C)cc1. The van der Waals surface area contributed by atoms with Crippen LogP contribution in [-0.4, -0.2) is 24.0 Å². The fourth-order valence-corrected chi connectivity index (χ4v) is 2.26. The second-order valence-electron chi connectivity index (χ2n) is 6.02. The molecule has 1 aromatic carbocycles. The van der Waals surface area contributed by atoms with E-state index in [0.717, 1.165) is 18.9 Å². The summed E-state index contributed by atoms with van der Waals surface area (Å²) in [6, 6.07) is 8.79. The number of rotatable bonds is 7. The van der Waals surface area contributed by atoms with Crippen LogP contribution in [0, 0.1) is 0 Å². The van der Waals surface area contributed by atoms with Gasteiger partial charge in [-0.15, -0.1) is 11.8 Å². The van der Waals surface area contributed by atoms with Crippen LogP contribution in [0.5, 0.6) is 0 Å². The molecule has 2 nitrogen and oxygen atoms in total. The van der Waals surface area contributed by atoms with Gasteiger partial charge in [0.05, 0.1) is 12.7 Å². The van der Waals surface area contributed by atoms with Crippen LogP contribution in [0.3, 0.4) is 0 Å². The molecule has 19 heavy (non-hydrogen) atoms. The van der Waals surface area contributed by atoms with Crippen molar-refractivity contribution in [2.75, 3.05) is 12.4 Å². The molecule has 0 saturated heterocycles. The van der Waals surface area contributed by atoms with Crippen molar-refractivity contribution in [3.05, 3.63) is 29.8 Å². The van der Waals surface area contributed by atoms with Crippen LogP contribution >= 0.6 is 11.8 Å². The first-order chi connectivity index (χ1) is 8.87. The second kappa shape index (κ2) is 7.93. The largest absolute Gasteiger partial charge is 0.378 e. The molecule has 0 heterocycles. The second-order valence-corrected chi connectivity index (χ2v) is 7.18. The smallest absolute Gasteiger partial charge is 0.0563 e. The predicted molar refractivity (Wildman–Crippen MR) is 84.8 cm³/mol. The predicted octanol–water partition coefficient (Wildman–Crippen LogP) is 4.09. The Bertz CT molecular complexity index is 354. The molecule has 1 N–H and O–H groups in total. The molecule has 0 radical (unpaired) electrons. The topological polar surface area (TPSA) is 21.3 Å². The minimum atomic E-state index is 0.168. The zero-order valence-corrected chi connectivity index (χ0v) is 13.6. The van der Waals surface area contributed by atoms with Crippen LogP contribution in [0.2, 0.25) is 0 Å². The van der Waals surface area contributed by atoms with Crippen molar-refractivity contribution < 1.29 is 4.74 Å². The third kappa shape index (κ3) is 8.30. The lowest BCUT2D eigenvalue weighted by molar-refractivity contribution is 0.0920. The third-order valence-corrected chi connectivity index (χ3v) is 3.53. The fraction of sp³-hybridized carbons (Fsp3) is 0.625. The number of hydrogen-bond donors (Lipinski definition) is 1. The first-order valence-electron chi connectivity index (χ1n) is 6.95. The van der Waals surface area contributed by atoms with Crippen molar-refractivity contribution >= 4 is 11.8 Å². The van der Waals surface area contributed by atoms with Crippen LogP contribution in [-0.2, 0) is 11.3 Å². The lowest BCUT2D eigenvalue weighted by atomic mass is 10.1. The van der Waals surface area contributed by atoms with Crippen LogP contribution in [0.1, 0.15) is 40.2 Å². The van der Waals surface area contributed by atoms with E-state index in [1.165, 1.54) is 10.5 Å². The van der Waals surface area contributed by atoms with Crippen LogP contribution in [0.25, 0.3) is 0 Å². The van der Waals surface area contributed by atoms with E-state index in [0.29, 0.717) is 6.10 Å². The summed E-state index contributed by atoms with van der Waals surface area (Å²) in [5.74, 6) is 1.01. The van der Waals surface area contributed by atoms with Gasteiger partial charge >= 0.3 is 0 Å². The van der Waals surface area contributed by atoms with Crippen molar-refractivity contribution in [1.29, 1.82) is 0 Å². The summed E-state index contributed by atoms with van der Waals surface area (Å²) in [5.41, 5.74) is 1.50. The van der Waals surface area contributed by atoms with Gasteiger partial charge < -0.3 is 10.1 Å². The first-order valence-corrected chi connectivity index (χ1v) is 7.94. The normalized spacial score (nSPS) is 12.1. The van der Waals surface area contributed by atoms with Crippen molar-refractivity contribution in [2.24, 2.45) is 0 Å². The monoisotopic (exact) mass is 281 g/mol. The molecule has 0 aliphatic heterocycles. The number of benzene rings is 1. The minimum absolute atomic E-state index is 0.168. The summed E-state index contributed by atoms with van der Waals surface area (Å²) in [7, 11) is 0. The molecule has 0 saturated carbocycles. The van der Waals surface area contributed by atoms with Gasteiger partial charge in [0.2, 0.25) is 0 Å². The molecule has 0 fully saturated rings. The lowest BCUT2D eigenvalue weighted by Crippen LogP contribution is -2.35. The van der Waals surface area contributed by atoms with E-state index in [1.54, 1.807) is 0 Å². The van der Waals surface area contributed by atoms with Gasteiger partial charge in [0, 0.05) is 22.7 Å². The van der Waals surface area contributed by atoms with Crippen molar-refractivity contribution in [3.63, 3.8) is 0 Å². The van der Waals surface area contributed by atoms with Gasteiger partial charge in [0.1, 0.15) is 0 Å². The quantitative estimate of drug-likeness (QED) is 0.601. The van der Waals surface area contributed by atoms with Crippen molar-refractivity contribution in [1.82, 2.24) is 5.32 Å². The molecule has 0 aromatic heterocycles. The summed E-state index contributed by atoms with van der Waals surface area (Å²) in [4.78, 5) is 1.31. The number of nitrogens with one attached hydrogen (secondary N) is 1. The Morgan fingerprint density at radius 2 is 1.79 bits per heavy atom. The van der Waals surface area contributed by atoms with Gasteiger partial charge in [-0.1, -0.05) is 12.1 Å². The van der Waals surface area contributed by atoms with E-state index in [-0.39, 0.29) is 5.54 Å². The number of hydrogen-bond acceptors (Lipinski definition) is 3. The molecule has 0 unspecified atom stereocenters. The lowest BCUT2D eigenvalue weighted by Gasteiger charge is -2.20. The molecule has 0 bridgehead atoms. The molecule has 108 valence electrons. The van der Waals surface area contributed by atoms with Gasteiger partial charge in [-0.05, 0) is 52.3 Å². The summed E-state index contributed by atoms with van der Waals surface area (Å²) in [6.07, 6.45) is 0.325. The Kier molecular flexibility index (Phi) is 6.90. The Balaban J connectivity index is 2.31. The van der Waals surface area contributed by atoms with E-state index in [4.69, 9.17) is 4.74 Å². The molecule has 3 heteroatoms. The molecule has 0 spiro atoms. The molecule has 0 aliphatic carbocycles. The van der Waals surface area contributed by atoms with Gasteiger partial charge in [-0.3, -0.25) is 0 Å². The fourth-order valence-electron chi connectivity index (χ4n) is 1.51. The van der Waals surface area contributed by atoms with Crippen LogP contribution in [0.15, 0.2) is 29.2 Å². The standard InChI is InChI=1S/C16H27NOS/c1-13(2)18-10-11-19-15-8-6-14(7-9-15)12-17-16(3,4)5/h6-9,13,17H,10-12H2,1-5H3. The van der Waals surface area contributed by atoms with E-state index >= 15 is 0 Å². The zero-order chi connectivity index (χ0) is 14.3. The molecule has 0 amide bonds. The maximum atomic E-state index is 5.53. The van der Waals surface area contributed by atoms with Crippen molar-refractivity contribution in [3.8, 4) is 0 Å². The van der Waals surface area contributed by atoms with E-state index in [9.17, 15) is 0 Å². The zero-order valence-electron chi connectivity index (χ0n) is 12.8. The summed E-state index contributed by atoms with van der Waals surface area (Å²) >= 11 is 1.85. The minimum Gasteiger partial charge on any atom is -0.378 e. The highest BCUT2D eigenvalue weighted by atomic mass is 32.2. The van der Waals surface area contributed by atoms with Crippen LogP contribution < -0.4 is 5.32 Å². The molecule has 0 aliphatic rings. The van der Waals surface area contributed by atoms with Gasteiger partial charge in [0.25, 0.3) is 0 Å². The Labute approximate surface area is 122 Å². The van der Waals surface area contributed by atoms with E-state index < -0.39 is 0 Å². The average molecular weight is 281 g/mol. The van der Waals surface area contributed by atoms with E-state index in [1.807, 2.05) is 11.8 Å². The molecular formula is C16H27NOS. The van der Waals surface area contributed by atoms with Crippen LogP contribution in [0.4, 0.5) is 0 Å². The maximum Gasteiger partial charge on any atom is 0.0563 e. The highest BCUT2D eigenvalue weighted by Crippen LogP contribution is 2.18. The average Bonchev–Trinajstić information content (AvgIpc) is 2.32. The van der Waals surface area contributed by atoms with Gasteiger partial charge in [-0.2, -0.15) is 0 Å². The third-order valence-electron chi connectivity index (χ3n) is 2.55. The van der Waals surface area contributed by atoms with E-state index in [2.05, 4.69) is 64.2 Å².